The minimum Gasteiger partial charge on any atom is -0.355 e. The van der Waals surface area contributed by atoms with Crippen LogP contribution in [0.2, 0.25) is 10.0 Å². The number of carbonyl (C=O) groups excluding carboxylic acids is 1. The second kappa shape index (κ2) is 9.85. The lowest BCUT2D eigenvalue weighted by Crippen LogP contribution is -2.32. The Morgan fingerprint density at radius 1 is 1.18 bits per heavy atom. The van der Waals surface area contributed by atoms with E-state index in [1.807, 2.05) is 42.5 Å². The van der Waals surface area contributed by atoms with E-state index in [0.29, 0.717) is 33.3 Å². The van der Waals surface area contributed by atoms with E-state index in [1.54, 1.807) is 0 Å². The number of thioether (sulfide) groups is 1. The first kappa shape index (κ1) is 22.4. The molecule has 1 fully saturated rings. The highest BCUT2D eigenvalue weighted by Crippen LogP contribution is 2.25. The number of nitrogens with one attached hydrogen (secondary N) is 2. The Labute approximate surface area is 205 Å². The van der Waals surface area contributed by atoms with Crippen molar-refractivity contribution >= 4 is 62.9 Å². The number of para-hydroxylation sites is 1. The third kappa shape index (κ3) is 5.24. The van der Waals surface area contributed by atoms with Crippen molar-refractivity contribution in [3.8, 4) is 0 Å². The van der Waals surface area contributed by atoms with Gasteiger partial charge in [-0.15, -0.1) is 10.2 Å². The lowest BCUT2D eigenvalue weighted by Gasteiger charge is -2.16. The predicted molar refractivity (Wildman–Crippen MR) is 133 cm³/mol. The van der Waals surface area contributed by atoms with Crippen molar-refractivity contribution in [3.63, 3.8) is 0 Å². The molecule has 1 amide bonds. The van der Waals surface area contributed by atoms with Gasteiger partial charge in [0.1, 0.15) is 5.52 Å². The van der Waals surface area contributed by atoms with Crippen molar-refractivity contribution in [2.45, 2.75) is 18.1 Å². The van der Waals surface area contributed by atoms with Crippen LogP contribution in [0.5, 0.6) is 0 Å². The van der Waals surface area contributed by atoms with Gasteiger partial charge in [0.25, 0.3) is 0 Å². The summed E-state index contributed by atoms with van der Waals surface area (Å²) < 4.78 is 0. The smallest absolute Gasteiger partial charge is 0.230 e. The Bertz CT molecular complexity index is 1310. The summed E-state index contributed by atoms with van der Waals surface area (Å²) >= 11 is 13.4. The summed E-state index contributed by atoms with van der Waals surface area (Å²) in [4.78, 5) is 22.6. The maximum absolute atomic E-state index is 12.4. The van der Waals surface area contributed by atoms with E-state index < -0.39 is 0 Å². The summed E-state index contributed by atoms with van der Waals surface area (Å²) in [6.07, 6.45) is 1.05. The molecule has 4 aromatic rings. The highest BCUT2D eigenvalue weighted by molar-refractivity contribution is 7.99. The van der Waals surface area contributed by atoms with Gasteiger partial charge in [-0.05, 0) is 42.6 Å². The predicted octanol–water partition coefficient (Wildman–Crippen LogP) is 4.54. The molecule has 0 aliphatic carbocycles. The van der Waals surface area contributed by atoms with Crippen LogP contribution in [0.3, 0.4) is 0 Å². The third-order valence-corrected chi connectivity index (χ3v) is 7.36. The van der Waals surface area contributed by atoms with E-state index in [-0.39, 0.29) is 11.7 Å². The zero-order chi connectivity index (χ0) is 22.8. The van der Waals surface area contributed by atoms with E-state index >= 15 is 0 Å². The summed E-state index contributed by atoms with van der Waals surface area (Å²) in [5, 5.41) is 14.1. The molecule has 0 bridgehead atoms. The van der Waals surface area contributed by atoms with E-state index in [9.17, 15) is 4.79 Å². The average molecular weight is 501 g/mol. The number of aromatic amines is 1. The van der Waals surface area contributed by atoms with E-state index in [2.05, 4.69) is 30.4 Å². The molecule has 5 rings (SSSR count). The molecule has 7 nitrogen and oxygen atoms in total. The fourth-order valence-corrected chi connectivity index (χ4v) is 5.07. The summed E-state index contributed by atoms with van der Waals surface area (Å²) in [6.45, 7) is 3.44. The Morgan fingerprint density at radius 2 is 2.06 bits per heavy atom. The van der Waals surface area contributed by atoms with Crippen molar-refractivity contribution in [1.29, 1.82) is 0 Å². The number of amides is 1. The van der Waals surface area contributed by atoms with Gasteiger partial charge in [0, 0.05) is 30.5 Å². The van der Waals surface area contributed by atoms with Crippen molar-refractivity contribution in [2.24, 2.45) is 5.92 Å². The minimum atomic E-state index is -0.0226. The monoisotopic (exact) mass is 500 g/mol. The molecule has 2 aromatic carbocycles. The lowest BCUT2D eigenvalue weighted by molar-refractivity contribution is -0.118. The Hall–Kier alpha value is -2.39. The molecule has 10 heteroatoms. The Kier molecular flexibility index (Phi) is 6.69. The molecule has 2 aromatic heterocycles. The number of nitrogens with zero attached hydrogens (tertiary/aromatic N) is 4. The van der Waals surface area contributed by atoms with Gasteiger partial charge in [0.05, 0.1) is 15.8 Å². The molecule has 1 unspecified atom stereocenters. The van der Waals surface area contributed by atoms with Crippen molar-refractivity contribution in [2.75, 3.05) is 25.4 Å². The molecule has 33 heavy (non-hydrogen) atoms. The maximum atomic E-state index is 12.4. The Balaban J connectivity index is 1.09. The van der Waals surface area contributed by atoms with Crippen LogP contribution in [-0.2, 0) is 11.3 Å². The van der Waals surface area contributed by atoms with Gasteiger partial charge in [-0.3, -0.25) is 9.69 Å². The molecule has 0 saturated carbocycles. The zero-order valence-corrected chi connectivity index (χ0v) is 20.1. The average Bonchev–Trinajstić information content (AvgIpc) is 3.42. The molecule has 1 aliphatic heterocycles. The molecule has 170 valence electrons. The first-order chi connectivity index (χ1) is 16.0. The van der Waals surface area contributed by atoms with Crippen LogP contribution in [0.1, 0.15) is 12.0 Å². The molecule has 0 spiro atoms. The largest absolute Gasteiger partial charge is 0.355 e. The number of carbonyl (C=O) groups is 1. The maximum Gasteiger partial charge on any atom is 0.230 e. The van der Waals surface area contributed by atoms with Crippen LogP contribution in [0.15, 0.2) is 47.6 Å². The van der Waals surface area contributed by atoms with Crippen LogP contribution < -0.4 is 5.32 Å². The number of H-pyrrole nitrogens is 1. The second-order valence-electron chi connectivity index (χ2n) is 8.19. The van der Waals surface area contributed by atoms with Gasteiger partial charge in [-0.25, -0.2) is 4.98 Å². The highest BCUT2D eigenvalue weighted by Gasteiger charge is 2.23. The number of hydrogen-bond donors (Lipinski definition) is 2. The van der Waals surface area contributed by atoms with Gasteiger partial charge in [-0.1, -0.05) is 59.2 Å². The topological polar surface area (TPSA) is 86.8 Å². The molecular weight excluding hydrogens is 479 g/mol. The van der Waals surface area contributed by atoms with Gasteiger partial charge >= 0.3 is 0 Å². The lowest BCUT2D eigenvalue weighted by atomic mass is 10.1. The van der Waals surface area contributed by atoms with Crippen LogP contribution in [0.25, 0.3) is 22.1 Å². The van der Waals surface area contributed by atoms with Gasteiger partial charge in [0.15, 0.2) is 5.65 Å². The number of likely N-dealkylation sites (tertiary alicyclic amines) is 1. The Morgan fingerprint density at radius 3 is 2.94 bits per heavy atom. The highest BCUT2D eigenvalue weighted by atomic mass is 35.5. The zero-order valence-electron chi connectivity index (χ0n) is 17.7. The van der Waals surface area contributed by atoms with Gasteiger partial charge < -0.3 is 10.3 Å². The molecule has 2 N–H and O–H groups in total. The molecule has 1 aliphatic rings. The first-order valence-electron chi connectivity index (χ1n) is 10.7. The van der Waals surface area contributed by atoms with E-state index in [4.69, 9.17) is 23.2 Å². The summed E-state index contributed by atoms with van der Waals surface area (Å²) in [7, 11) is 0. The third-order valence-electron chi connectivity index (χ3n) is 5.78. The molecular formula is C23H22Cl2N6OS. The quantitative estimate of drug-likeness (QED) is 0.362. The molecule has 1 saturated heterocycles. The van der Waals surface area contributed by atoms with Crippen molar-refractivity contribution in [1.82, 2.24) is 30.4 Å². The number of fused-ring (bicyclic) bond motifs is 3. The fraction of sp³-hybridized carbons (Fsp3) is 0.304. The van der Waals surface area contributed by atoms with Crippen LogP contribution in [0, 0.1) is 5.92 Å². The number of benzene rings is 2. The summed E-state index contributed by atoms with van der Waals surface area (Å²) in [5.74, 6) is 0.669. The SMILES string of the molecule is O=C(CSc1nnc2[nH]c3ccccc3c2n1)NCC1CCN(Cc2ccc(Cl)c(Cl)c2)C1. The van der Waals surface area contributed by atoms with Crippen molar-refractivity contribution < 1.29 is 4.79 Å². The summed E-state index contributed by atoms with van der Waals surface area (Å²) in [6, 6.07) is 13.7. The number of halogens is 2. The van der Waals surface area contributed by atoms with Crippen LogP contribution >= 0.6 is 35.0 Å². The number of rotatable bonds is 7. The number of aromatic nitrogens is 4. The van der Waals surface area contributed by atoms with Crippen LogP contribution in [0.4, 0.5) is 0 Å². The molecule has 0 radical (unpaired) electrons. The standard InChI is InChI=1S/C23H22Cl2N6OS/c24-17-6-5-14(9-18(17)25)11-31-8-7-15(12-31)10-26-20(32)13-33-23-28-21-16-3-1-2-4-19(16)27-22(21)29-30-23/h1-6,9,15H,7-8,10-13H2,(H,26,32)(H,27,29). The summed E-state index contributed by atoms with van der Waals surface area (Å²) in [5.41, 5.74) is 3.54. The molecule has 3 heterocycles. The minimum absolute atomic E-state index is 0.0226. The molecule has 1 atom stereocenters. The van der Waals surface area contributed by atoms with E-state index in [1.165, 1.54) is 11.8 Å². The first-order valence-corrected chi connectivity index (χ1v) is 12.5. The van der Waals surface area contributed by atoms with Gasteiger partial charge in [-0.2, -0.15) is 0 Å². The second-order valence-corrected chi connectivity index (χ2v) is 9.95. The number of hydrogen-bond acceptors (Lipinski definition) is 6. The van der Waals surface area contributed by atoms with Crippen LogP contribution in [-0.4, -0.2) is 56.4 Å². The normalized spacial score (nSPS) is 16.6. The van der Waals surface area contributed by atoms with Gasteiger partial charge in [0.2, 0.25) is 11.1 Å². The van der Waals surface area contributed by atoms with E-state index in [0.717, 1.165) is 48.0 Å². The van der Waals surface area contributed by atoms with Crippen molar-refractivity contribution in [3.05, 3.63) is 58.1 Å². The fourth-order valence-electron chi connectivity index (χ4n) is 4.13.